The molecule has 0 spiro atoms. The normalized spacial score (nSPS) is 12.2. The van der Waals surface area contributed by atoms with E-state index in [1.165, 1.54) is 0 Å². The first-order valence-corrected chi connectivity index (χ1v) is 12.0. The number of carbonyl (C=O) groups is 2. The summed E-state index contributed by atoms with van der Waals surface area (Å²) in [5.74, 6) is -0.830. The molecule has 0 saturated carbocycles. The second-order valence-electron chi connectivity index (χ2n) is 7.89. The molecule has 0 aliphatic heterocycles. The Morgan fingerprint density at radius 3 is 2.19 bits per heavy atom. The summed E-state index contributed by atoms with van der Waals surface area (Å²) < 4.78 is 26.1. The summed E-state index contributed by atoms with van der Waals surface area (Å²) in [7, 11) is -3.72. The van der Waals surface area contributed by atoms with Gasteiger partial charge < -0.3 is 10.6 Å². The molecule has 2 N–H and O–H groups in total. The first kappa shape index (κ1) is 24.4. The second kappa shape index (κ2) is 9.96. The number of anilines is 2. The smallest absolute Gasteiger partial charge is 0.253 e. The number of amides is 2. The van der Waals surface area contributed by atoms with Crippen LogP contribution in [0.25, 0.3) is 0 Å². The Morgan fingerprint density at radius 2 is 1.65 bits per heavy atom. The topological polar surface area (TPSA) is 95.6 Å². The van der Waals surface area contributed by atoms with Gasteiger partial charge in [0.05, 0.1) is 23.2 Å². The number of hydrogen-bond acceptors (Lipinski definition) is 4. The van der Waals surface area contributed by atoms with Gasteiger partial charge in [-0.15, -0.1) is 0 Å². The third kappa shape index (κ3) is 6.30. The van der Waals surface area contributed by atoms with Gasteiger partial charge in [-0.1, -0.05) is 36.8 Å². The van der Waals surface area contributed by atoms with Gasteiger partial charge in [-0.2, -0.15) is 0 Å². The van der Waals surface area contributed by atoms with Crippen LogP contribution in [0.2, 0.25) is 0 Å². The predicted molar refractivity (Wildman–Crippen MR) is 125 cm³/mol. The van der Waals surface area contributed by atoms with E-state index in [4.69, 9.17) is 0 Å². The first-order chi connectivity index (χ1) is 14.4. The van der Waals surface area contributed by atoms with Gasteiger partial charge >= 0.3 is 0 Å². The van der Waals surface area contributed by atoms with Crippen molar-refractivity contribution in [2.45, 2.75) is 47.1 Å². The van der Waals surface area contributed by atoms with Crippen molar-refractivity contribution in [1.29, 1.82) is 0 Å². The largest absolute Gasteiger partial charge is 0.350 e. The molecule has 2 amide bonds. The molecule has 1 unspecified atom stereocenters. The second-order valence-corrected chi connectivity index (χ2v) is 9.80. The van der Waals surface area contributed by atoms with Gasteiger partial charge in [0.15, 0.2) is 0 Å². The molecule has 8 heteroatoms. The van der Waals surface area contributed by atoms with Gasteiger partial charge in [0.25, 0.3) is 5.91 Å². The molecule has 0 radical (unpaired) electrons. The van der Waals surface area contributed by atoms with E-state index in [1.807, 2.05) is 46.8 Å². The Balaban J connectivity index is 2.31. The number of aryl methyl sites for hydroxylation is 3. The van der Waals surface area contributed by atoms with Crippen molar-refractivity contribution in [2.24, 2.45) is 0 Å². The van der Waals surface area contributed by atoms with E-state index in [2.05, 4.69) is 10.6 Å². The lowest BCUT2D eigenvalue weighted by molar-refractivity contribution is -0.114. The number of para-hydroxylation sites is 1. The van der Waals surface area contributed by atoms with Crippen LogP contribution in [0.5, 0.6) is 0 Å². The Labute approximate surface area is 184 Å². The number of nitrogens with one attached hydrogen (secondary N) is 2. The number of rotatable bonds is 8. The quantitative estimate of drug-likeness (QED) is 0.650. The summed E-state index contributed by atoms with van der Waals surface area (Å²) in [6, 6.07) is 10.4. The van der Waals surface area contributed by atoms with Crippen LogP contribution >= 0.6 is 0 Å². The fraction of sp³-hybridized carbons (Fsp3) is 0.391. The van der Waals surface area contributed by atoms with Gasteiger partial charge in [0.1, 0.15) is 6.54 Å². The van der Waals surface area contributed by atoms with Crippen molar-refractivity contribution in [3.63, 3.8) is 0 Å². The molecule has 31 heavy (non-hydrogen) atoms. The number of hydrogen-bond donors (Lipinski definition) is 2. The Bertz CT molecular complexity index is 1060. The van der Waals surface area contributed by atoms with Crippen molar-refractivity contribution in [1.82, 2.24) is 5.32 Å². The van der Waals surface area contributed by atoms with Gasteiger partial charge in [0, 0.05) is 6.04 Å². The zero-order valence-electron chi connectivity index (χ0n) is 18.9. The molecular weight excluding hydrogens is 414 g/mol. The molecule has 0 aliphatic rings. The maximum absolute atomic E-state index is 12.8. The van der Waals surface area contributed by atoms with Crippen LogP contribution in [0.3, 0.4) is 0 Å². The van der Waals surface area contributed by atoms with Crippen LogP contribution in [-0.2, 0) is 14.8 Å². The SMILES string of the molecule is CCC(C)NC(=O)c1ccccc1NC(=O)CN(c1c(C)cc(C)cc1C)S(C)(=O)=O. The zero-order chi connectivity index (χ0) is 23.3. The van der Waals surface area contributed by atoms with E-state index < -0.39 is 22.5 Å². The highest BCUT2D eigenvalue weighted by atomic mass is 32.2. The van der Waals surface area contributed by atoms with Gasteiger partial charge in [0.2, 0.25) is 15.9 Å². The van der Waals surface area contributed by atoms with Crippen LogP contribution in [0.15, 0.2) is 36.4 Å². The molecule has 0 heterocycles. The number of benzene rings is 2. The lowest BCUT2D eigenvalue weighted by Crippen LogP contribution is -2.39. The lowest BCUT2D eigenvalue weighted by atomic mass is 10.1. The van der Waals surface area contributed by atoms with Crippen molar-refractivity contribution in [2.75, 3.05) is 22.4 Å². The zero-order valence-corrected chi connectivity index (χ0v) is 19.8. The van der Waals surface area contributed by atoms with Crippen LogP contribution in [-0.4, -0.2) is 39.1 Å². The lowest BCUT2D eigenvalue weighted by Gasteiger charge is -2.26. The van der Waals surface area contributed by atoms with E-state index in [1.54, 1.807) is 24.3 Å². The monoisotopic (exact) mass is 445 g/mol. The summed E-state index contributed by atoms with van der Waals surface area (Å²) in [5, 5.41) is 5.57. The maximum Gasteiger partial charge on any atom is 0.253 e. The molecule has 7 nitrogen and oxygen atoms in total. The number of sulfonamides is 1. The summed E-state index contributed by atoms with van der Waals surface area (Å²) in [5.41, 5.74) is 3.70. The molecule has 1 atom stereocenters. The van der Waals surface area contributed by atoms with Crippen molar-refractivity contribution >= 4 is 33.2 Å². The molecule has 2 aromatic carbocycles. The van der Waals surface area contributed by atoms with E-state index >= 15 is 0 Å². The van der Waals surface area contributed by atoms with Crippen molar-refractivity contribution < 1.29 is 18.0 Å². The van der Waals surface area contributed by atoms with Crippen LogP contribution < -0.4 is 14.9 Å². The minimum absolute atomic E-state index is 0.00975. The highest BCUT2D eigenvalue weighted by Gasteiger charge is 2.25. The average molecular weight is 446 g/mol. The Morgan fingerprint density at radius 1 is 1.06 bits per heavy atom. The van der Waals surface area contributed by atoms with Gasteiger partial charge in [-0.3, -0.25) is 13.9 Å². The van der Waals surface area contributed by atoms with Crippen LogP contribution in [0.1, 0.15) is 47.3 Å². The molecular formula is C23H31N3O4S. The molecule has 168 valence electrons. The standard InChI is InChI=1S/C23H31N3O4S/c1-7-18(5)24-23(28)19-10-8-9-11-20(19)25-21(27)14-26(31(6,29)30)22-16(3)12-15(2)13-17(22)4/h8-13,18H,7,14H2,1-6H3,(H,24,28)(H,25,27). The van der Waals surface area contributed by atoms with Crippen molar-refractivity contribution in [3.05, 3.63) is 58.7 Å². The Kier molecular flexibility index (Phi) is 7.84. The molecule has 0 fully saturated rings. The fourth-order valence-electron chi connectivity index (χ4n) is 3.44. The highest BCUT2D eigenvalue weighted by molar-refractivity contribution is 7.92. The van der Waals surface area contributed by atoms with Gasteiger partial charge in [-0.25, -0.2) is 8.42 Å². The minimum Gasteiger partial charge on any atom is -0.350 e. The third-order valence-corrected chi connectivity index (χ3v) is 6.12. The summed E-state index contributed by atoms with van der Waals surface area (Å²) >= 11 is 0. The molecule has 2 rings (SSSR count). The average Bonchev–Trinajstić information content (AvgIpc) is 2.65. The van der Waals surface area contributed by atoms with Crippen molar-refractivity contribution in [3.8, 4) is 0 Å². The maximum atomic E-state index is 12.8. The summed E-state index contributed by atoms with van der Waals surface area (Å²) in [4.78, 5) is 25.4. The molecule has 2 aromatic rings. The molecule has 0 aliphatic carbocycles. The fourth-order valence-corrected chi connectivity index (χ4v) is 4.41. The summed E-state index contributed by atoms with van der Waals surface area (Å²) in [6.07, 6.45) is 1.85. The van der Waals surface area contributed by atoms with E-state index in [0.717, 1.165) is 33.7 Å². The molecule has 0 aromatic heterocycles. The molecule has 0 saturated heterocycles. The van der Waals surface area contributed by atoms with E-state index in [9.17, 15) is 18.0 Å². The van der Waals surface area contributed by atoms with E-state index in [-0.39, 0.29) is 11.9 Å². The molecule has 0 bridgehead atoms. The Hall–Kier alpha value is -2.87. The van der Waals surface area contributed by atoms with Gasteiger partial charge in [-0.05, 0) is 57.4 Å². The highest BCUT2D eigenvalue weighted by Crippen LogP contribution is 2.28. The predicted octanol–water partition coefficient (Wildman–Crippen LogP) is 3.54. The van der Waals surface area contributed by atoms with Crippen LogP contribution in [0, 0.1) is 20.8 Å². The first-order valence-electron chi connectivity index (χ1n) is 10.2. The number of nitrogens with zero attached hydrogens (tertiary/aromatic N) is 1. The van der Waals surface area contributed by atoms with Crippen LogP contribution in [0.4, 0.5) is 11.4 Å². The third-order valence-electron chi connectivity index (χ3n) is 5.01. The summed E-state index contributed by atoms with van der Waals surface area (Å²) in [6.45, 7) is 9.04. The minimum atomic E-state index is -3.72. The van der Waals surface area contributed by atoms with E-state index in [0.29, 0.717) is 16.9 Å². The number of carbonyl (C=O) groups excluding carboxylic acids is 2.